The number of aliphatic hydroxyl groups is 1. The summed E-state index contributed by atoms with van der Waals surface area (Å²) in [6.07, 6.45) is 0.865. The Hall–Kier alpha value is -2.17. The number of thiophene rings is 1. The zero-order valence-electron chi connectivity index (χ0n) is 9.64. The van der Waals surface area contributed by atoms with Gasteiger partial charge in [-0.05, 0) is 11.4 Å². The molecule has 2 N–H and O–H groups in total. The molecule has 0 saturated heterocycles. The molecule has 98 valence electrons. The Morgan fingerprint density at radius 1 is 1.47 bits per heavy atom. The zero-order chi connectivity index (χ0) is 13.8. The van der Waals surface area contributed by atoms with E-state index >= 15 is 0 Å². The summed E-state index contributed by atoms with van der Waals surface area (Å²) < 4.78 is 14.2. The highest BCUT2D eigenvalue weighted by molar-refractivity contribution is 7.10. The largest absolute Gasteiger partial charge is 0.384 e. The third kappa shape index (κ3) is 2.99. The van der Waals surface area contributed by atoms with E-state index < -0.39 is 17.1 Å². The molecule has 0 saturated carbocycles. The third-order valence-electron chi connectivity index (χ3n) is 2.33. The van der Waals surface area contributed by atoms with Crippen LogP contribution in [-0.4, -0.2) is 21.3 Å². The number of aromatic amines is 1. The maximum Gasteiger partial charge on any atom is 0.328 e. The van der Waals surface area contributed by atoms with Crippen molar-refractivity contribution in [1.82, 2.24) is 9.55 Å². The summed E-state index contributed by atoms with van der Waals surface area (Å²) in [4.78, 5) is 25.1. The molecule has 2 rings (SSSR count). The SMILES string of the molecule is O=c1[nH]c(=O)n(Cc2sccc2C#CCO)cc1F. The minimum absolute atomic E-state index is 0.111. The Morgan fingerprint density at radius 3 is 3.00 bits per heavy atom. The van der Waals surface area contributed by atoms with E-state index in [1.54, 1.807) is 11.4 Å². The van der Waals surface area contributed by atoms with Gasteiger partial charge in [0.25, 0.3) is 5.56 Å². The molecular weight excluding hydrogens is 271 g/mol. The molecule has 0 aromatic carbocycles. The average Bonchev–Trinajstić information content (AvgIpc) is 2.81. The second-order valence-electron chi connectivity index (χ2n) is 3.58. The highest BCUT2D eigenvalue weighted by Crippen LogP contribution is 2.16. The van der Waals surface area contributed by atoms with Gasteiger partial charge in [0.05, 0.1) is 12.7 Å². The molecule has 7 heteroatoms. The predicted molar refractivity (Wildman–Crippen MR) is 68.7 cm³/mol. The first-order valence-electron chi connectivity index (χ1n) is 5.27. The quantitative estimate of drug-likeness (QED) is 0.768. The van der Waals surface area contributed by atoms with Crippen LogP contribution in [0.25, 0.3) is 0 Å². The van der Waals surface area contributed by atoms with Crippen LogP contribution < -0.4 is 11.2 Å². The van der Waals surface area contributed by atoms with E-state index in [1.165, 1.54) is 11.3 Å². The molecule has 0 aliphatic carbocycles. The second kappa shape index (κ2) is 5.65. The van der Waals surface area contributed by atoms with Crippen LogP contribution in [0.5, 0.6) is 0 Å². The Bertz CT molecular complexity index is 764. The van der Waals surface area contributed by atoms with Crippen molar-refractivity contribution in [2.24, 2.45) is 0 Å². The number of aromatic nitrogens is 2. The van der Waals surface area contributed by atoms with Gasteiger partial charge in [0.1, 0.15) is 6.61 Å². The summed E-state index contributed by atoms with van der Waals surface area (Å²) in [6.45, 7) is -0.151. The second-order valence-corrected chi connectivity index (χ2v) is 4.58. The molecule has 0 radical (unpaired) electrons. The maximum absolute atomic E-state index is 13.1. The van der Waals surface area contributed by atoms with Crippen molar-refractivity contribution in [3.63, 3.8) is 0 Å². The molecule has 0 bridgehead atoms. The summed E-state index contributed by atoms with van der Waals surface area (Å²) in [7, 11) is 0. The molecule has 0 unspecified atom stereocenters. The Balaban J connectivity index is 2.37. The van der Waals surface area contributed by atoms with E-state index in [-0.39, 0.29) is 13.2 Å². The van der Waals surface area contributed by atoms with E-state index in [0.29, 0.717) is 5.56 Å². The highest BCUT2D eigenvalue weighted by Gasteiger charge is 2.07. The summed E-state index contributed by atoms with van der Waals surface area (Å²) in [5.41, 5.74) is -1.05. The van der Waals surface area contributed by atoms with Crippen LogP contribution in [0.4, 0.5) is 4.39 Å². The molecule has 0 aliphatic heterocycles. The number of hydrogen-bond donors (Lipinski definition) is 2. The highest BCUT2D eigenvalue weighted by atomic mass is 32.1. The molecule has 5 nitrogen and oxygen atoms in total. The normalized spacial score (nSPS) is 10.0. The number of nitrogens with zero attached hydrogens (tertiary/aromatic N) is 1. The molecule has 2 heterocycles. The van der Waals surface area contributed by atoms with Crippen molar-refractivity contribution in [1.29, 1.82) is 0 Å². The van der Waals surface area contributed by atoms with Gasteiger partial charge in [-0.2, -0.15) is 4.39 Å². The topological polar surface area (TPSA) is 75.1 Å². The monoisotopic (exact) mass is 280 g/mol. The van der Waals surface area contributed by atoms with Gasteiger partial charge in [-0.15, -0.1) is 11.3 Å². The number of rotatable bonds is 2. The van der Waals surface area contributed by atoms with Crippen LogP contribution in [0.1, 0.15) is 10.4 Å². The first-order valence-corrected chi connectivity index (χ1v) is 6.15. The van der Waals surface area contributed by atoms with Gasteiger partial charge in [-0.1, -0.05) is 11.8 Å². The smallest absolute Gasteiger partial charge is 0.328 e. The van der Waals surface area contributed by atoms with Crippen molar-refractivity contribution in [2.45, 2.75) is 6.54 Å². The van der Waals surface area contributed by atoms with E-state index in [2.05, 4.69) is 11.8 Å². The molecule has 0 aliphatic rings. The Morgan fingerprint density at radius 2 is 2.26 bits per heavy atom. The number of nitrogens with one attached hydrogen (secondary N) is 1. The molecule has 2 aromatic rings. The lowest BCUT2D eigenvalue weighted by Crippen LogP contribution is -2.31. The van der Waals surface area contributed by atoms with Gasteiger partial charge in [0, 0.05) is 10.4 Å². The van der Waals surface area contributed by atoms with Gasteiger partial charge < -0.3 is 5.11 Å². The lowest BCUT2D eigenvalue weighted by Gasteiger charge is -2.03. The number of halogens is 1. The number of aliphatic hydroxyl groups excluding tert-OH is 1. The Labute approximate surface area is 111 Å². The zero-order valence-corrected chi connectivity index (χ0v) is 10.5. The van der Waals surface area contributed by atoms with Crippen LogP contribution in [0, 0.1) is 17.7 Å². The summed E-state index contributed by atoms with van der Waals surface area (Å²) in [5.74, 6) is 4.23. The fourth-order valence-corrected chi connectivity index (χ4v) is 2.29. The standard InChI is InChI=1S/C12H9FN2O3S/c13-9-6-15(12(18)14-11(9)17)7-10-8(2-1-4-16)3-5-19-10/h3,5-6,16H,4,7H2,(H,14,17,18). The predicted octanol–water partition coefficient (Wildman–Crippen LogP) is 0.129. The minimum atomic E-state index is -1.03. The van der Waals surface area contributed by atoms with Crippen molar-refractivity contribution >= 4 is 11.3 Å². The fourth-order valence-electron chi connectivity index (χ4n) is 1.46. The van der Waals surface area contributed by atoms with Gasteiger partial charge in [-0.25, -0.2) is 4.79 Å². The first-order chi connectivity index (χ1) is 9.11. The van der Waals surface area contributed by atoms with Gasteiger partial charge in [0.2, 0.25) is 5.82 Å². The van der Waals surface area contributed by atoms with E-state index in [1.807, 2.05) is 4.98 Å². The van der Waals surface area contributed by atoms with Crippen molar-refractivity contribution in [3.05, 3.63) is 54.7 Å². The molecular formula is C12H9FN2O3S. The molecule has 0 atom stereocenters. The molecule has 0 spiro atoms. The van der Waals surface area contributed by atoms with Crippen LogP contribution >= 0.6 is 11.3 Å². The summed E-state index contributed by atoms with van der Waals surface area (Å²) in [6, 6.07) is 1.75. The minimum Gasteiger partial charge on any atom is -0.384 e. The lowest BCUT2D eigenvalue weighted by atomic mass is 10.2. The van der Waals surface area contributed by atoms with Gasteiger partial charge in [0.15, 0.2) is 0 Å². The van der Waals surface area contributed by atoms with Crippen molar-refractivity contribution in [2.75, 3.05) is 6.61 Å². The van der Waals surface area contributed by atoms with Crippen LogP contribution in [0.15, 0.2) is 27.2 Å². The fraction of sp³-hybridized carbons (Fsp3) is 0.167. The molecule has 0 fully saturated rings. The summed E-state index contributed by atoms with van der Waals surface area (Å²) >= 11 is 1.36. The van der Waals surface area contributed by atoms with E-state index in [9.17, 15) is 14.0 Å². The lowest BCUT2D eigenvalue weighted by molar-refractivity contribution is 0.350. The van der Waals surface area contributed by atoms with Crippen molar-refractivity contribution < 1.29 is 9.50 Å². The third-order valence-corrected chi connectivity index (χ3v) is 3.23. The van der Waals surface area contributed by atoms with Crippen molar-refractivity contribution in [3.8, 4) is 11.8 Å². The van der Waals surface area contributed by atoms with E-state index in [0.717, 1.165) is 15.6 Å². The van der Waals surface area contributed by atoms with Crippen LogP contribution in [0.2, 0.25) is 0 Å². The van der Waals surface area contributed by atoms with Crippen LogP contribution in [-0.2, 0) is 6.54 Å². The number of H-pyrrole nitrogens is 1. The van der Waals surface area contributed by atoms with Crippen LogP contribution in [0.3, 0.4) is 0 Å². The average molecular weight is 280 g/mol. The maximum atomic E-state index is 13.1. The Kier molecular flexibility index (Phi) is 3.94. The molecule has 2 aromatic heterocycles. The number of hydrogen-bond acceptors (Lipinski definition) is 4. The molecule has 0 amide bonds. The first kappa shape index (κ1) is 13.3. The molecule has 19 heavy (non-hydrogen) atoms. The summed E-state index contributed by atoms with van der Waals surface area (Å²) in [5, 5.41) is 10.4. The van der Waals surface area contributed by atoms with Gasteiger partial charge in [-0.3, -0.25) is 14.3 Å². The van der Waals surface area contributed by atoms with E-state index in [4.69, 9.17) is 5.11 Å². The van der Waals surface area contributed by atoms with Gasteiger partial charge >= 0.3 is 5.69 Å².